The van der Waals surface area contributed by atoms with Gasteiger partial charge in [0.15, 0.2) is 0 Å². The quantitative estimate of drug-likeness (QED) is 0.713. The molecule has 0 bridgehead atoms. The van der Waals surface area contributed by atoms with E-state index in [1.165, 1.54) is 0 Å². The third-order valence-corrected chi connectivity index (χ3v) is 3.05. The average Bonchev–Trinajstić information content (AvgIpc) is 2.80. The fraction of sp³-hybridized carbons (Fsp3) is 0.0909. The second kappa shape index (κ2) is 4.84. The van der Waals surface area contributed by atoms with Crippen LogP contribution in [0.2, 0.25) is 0 Å². The van der Waals surface area contributed by atoms with Crippen molar-refractivity contribution < 1.29 is 4.79 Å². The number of amides is 1. The zero-order valence-corrected chi connectivity index (χ0v) is 9.83. The van der Waals surface area contributed by atoms with Crippen LogP contribution in [0.15, 0.2) is 29.9 Å². The Kier molecular flexibility index (Phi) is 3.24. The molecular formula is C11H12N4OS. The summed E-state index contributed by atoms with van der Waals surface area (Å²) < 4.78 is 0. The van der Waals surface area contributed by atoms with Crippen molar-refractivity contribution in [2.45, 2.75) is 6.54 Å². The number of hydrogen-bond acceptors (Lipinski definition) is 5. The minimum Gasteiger partial charge on any atom is -0.397 e. The molecule has 0 saturated heterocycles. The van der Waals surface area contributed by atoms with E-state index in [2.05, 4.69) is 10.3 Å². The van der Waals surface area contributed by atoms with Gasteiger partial charge in [0, 0.05) is 16.6 Å². The van der Waals surface area contributed by atoms with Crippen molar-refractivity contribution in [3.63, 3.8) is 0 Å². The lowest BCUT2D eigenvalue weighted by molar-refractivity contribution is 0.100. The summed E-state index contributed by atoms with van der Waals surface area (Å²) in [6.45, 7) is 0.658. The third kappa shape index (κ3) is 2.73. The van der Waals surface area contributed by atoms with E-state index in [4.69, 9.17) is 11.5 Å². The van der Waals surface area contributed by atoms with Gasteiger partial charge in [-0.05, 0) is 18.2 Å². The molecule has 6 heteroatoms. The van der Waals surface area contributed by atoms with Gasteiger partial charge < -0.3 is 16.8 Å². The highest BCUT2D eigenvalue weighted by atomic mass is 32.1. The minimum atomic E-state index is -0.481. The molecule has 1 aromatic carbocycles. The van der Waals surface area contributed by atoms with Crippen LogP contribution in [0.3, 0.4) is 0 Å². The van der Waals surface area contributed by atoms with Gasteiger partial charge in [0.1, 0.15) is 0 Å². The Labute approximate surface area is 102 Å². The van der Waals surface area contributed by atoms with Crippen molar-refractivity contribution >= 4 is 28.6 Å². The maximum atomic E-state index is 10.9. The Morgan fingerprint density at radius 1 is 1.47 bits per heavy atom. The summed E-state index contributed by atoms with van der Waals surface area (Å²) in [6, 6.07) is 4.96. The first-order valence-electron chi connectivity index (χ1n) is 4.97. The van der Waals surface area contributed by atoms with Crippen molar-refractivity contribution in [3.05, 3.63) is 40.3 Å². The van der Waals surface area contributed by atoms with E-state index < -0.39 is 5.91 Å². The van der Waals surface area contributed by atoms with Crippen molar-refractivity contribution in [2.75, 3.05) is 11.1 Å². The number of nitrogens with zero attached hydrogens (tertiary/aromatic N) is 1. The van der Waals surface area contributed by atoms with E-state index in [0.29, 0.717) is 17.8 Å². The number of aromatic nitrogens is 1. The zero-order valence-electron chi connectivity index (χ0n) is 9.01. The number of nitrogens with one attached hydrogen (secondary N) is 1. The SMILES string of the molecule is NC(=O)c1ccc(NCc2cncs2)c(N)c1. The molecule has 0 spiro atoms. The monoisotopic (exact) mass is 248 g/mol. The van der Waals surface area contributed by atoms with E-state index in [0.717, 1.165) is 10.6 Å². The zero-order chi connectivity index (χ0) is 12.3. The Morgan fingerprint density at radius 2 is 2.29 bits per heavy atom. The molecule has 0 aliphatic carbocycles. The van der Waals surface area contributed by atoms with E-state index in [-0.39, 0.29) is 0 Å². The second-order valence-corrected chi connectivity index (χ2v) is 4.46. The van der Waals surface area contributed by atoms with Crippen molar-refractivity contribution in [3.8, 4) is 0 Å². The van der Waals surface area contributed by atoms with Crippen molar-refractivity contribution in [1.82, 2.24) is 4.98 Å². The summed E-state index contributed by atoms with van der Waals surface area (Å²) in [5, 5.41) is 3.17. The van der Waals surface area contributed by atoms with Crippen LogP contribution in [-0.2, 0) is 6.54 Å². The van der Waals surface area contributed by atoms with Crippen LogP contribution in [0.25, 0.3) is 0 Å². The number of rotatable bonds is 4. The first-order chi connectivity index (χ1) is 8.16. The first-order valence-corrected chi connectivity index (χ1v) is 5.85. The largest absolute Gasteiger partial charge is 0.397 e. The number of benzene rings is 1. The predicted molar refractivity (Wildman–Crippen MR) is 68.8 cm³/mol. The van der Waals surface area contributed by atoms with Crippen LogP contribution in [-0.4, -0.2) is 10.9 Å². The molecule has 2 rings (SSSR count). The van der Waals surface area contributed by atoms with Crippen LogP contribution in [0.4, 0.5) is 11.4 Å². The number of anilines is 2. The van der Waals surface area contributed by atoms with Gasteiger partial charge in [0.2, 0.25) is 5.91 Å². The lowest BCUT2D eigenvalue weighted by Crippen LogP contribution is -2.11. The molecule has 0 fully saturated rings. The van der Waals surface area contributed by atoms with Gasteiger partial charge >= 0.3 is 0 Å². The summed E-state index contributed by atoms with van der Waals surface area (Å²) in [6.07, 6.45) is 1.80. The molecule has 0 atom stereocenters. The maximum absolute atomic E-state index is 10.9. The lowest BCUT2D eigenvalue weighted by atomic mass is 10.1. The maximum Gasteiger partial charge on any atom is 0.248 e. The molecule has 1 amide bonds. The number of nitrogen functional groups attached to an aromatic ring is 1. The first kappa shape index (κ1) is 11.4. The molecule has 0 aliphatic rings. The topological polar surface area (TPSA) is 94.0 Å². The number of primary amides is 1. The number of hydrogen-bond donors (Lipinski definition) is 3. The Hall–Kier alpha value is -2.08. The molecule has 5 N–H and O–H groups in total. The molecule has 17 heavy (non-hydrogen) atoms. The van der Waals surface area contributed by atoms with E-state index in [1.54, 1.807) is 41.2 Å². The molecule has 0 saturated carbocycles. The fourth-order valence-electron chi connectivity index (χ4n) is 1.39. The second-order valence-electron chi connectivity index (χ2n) is 3.49. The van der Waals surface area contributed by atoms with Crippen molar-refractivity contribution in [1.29, 1.82) is 0 Å². The normalized spacial score (nSPS) is 10.1. The predicted octanol–water partition coefficient (Wildman–Crippen LogP) is 1.44. The van der Waals surface area contributed by atoms with Gasteiger partial charge in [-0.15, -0.1) is 11.3 Å². The van der Waals surface area contributed by atoms with Gasteiger partial charge in [0.05, 0.1) is 23.4 Å². The van der Waals surface area contributed by atoms with Crippen LogP contribution < -0.4 is 16.8 Å². The summed E-state index contributed by atoms with van der Waals surface area (Å²) in [5.74, 6) is -0.481. The molecule has 0 radical (unpaired) electrons. The molecule has 1 aromatic heterocycles. The highest BCUT2D eigenvalue weighted by Crippen LogP contribution is 2.21. The minimum absolute atomic E-state index is 0.408. The molecule has 1 heterocycles. The lowest BCUT2D eigenvalue weighted by Gasteiger charge is -2.08. The van der Waals surface area contributed by atoms with Crippen molar-refractivity contribution in [2.24, 2.45) is 5.73 Å². The van der Waals surface area contributed by atoms with E-state index >= 15 is 0 Å². The van der Waals surface area contributed by atoms with Gasteiger partial charge in [-0.2, -0.15) is 0 Å². The Bertz CT molecular complexity index is 524. The van der Waals surface area contributed by atoms with Crippen LogP contribution in [0, 0.1) is 0 Å². The smallest absolute Gasteiger partial charge is 0.248 e. The fourth-order valence-corrected chi connectivity index (χ4v) is 1.92. The standard InChI is InChI=1S/C11H12N4OS/c12-9-3-7(11(13)16)1-2-10(9)15-5-8-4-14-6-17-8/h1-4,6,15H,5,12H2,(H2,13,16). The van der Waals surface area contributed by atoms with Gasteiger partial charge in [0.25, 0.3) is 0 Å². The molecule has 2 aromatic rings. The Morgan fingerprint density at radius 3 is 2.88 bits per heavy atom. The number of carbonyl (C=O) groups excluding carboxylic acids is 1. The van der Waals surface area contributed by atoms with Crippen LogP contribution in [0.1, 0.15) is 15.2 Å². The highest BCUT2D eigenvalue weighted by molar-refractivity contribution is 7.09. The molecule has 0 aliphatic heterocycles. The molecule has 5 nitrogen and oxygen atoms in total. The summed E-state index contributed by atoms with van der Waals surface area (Å²) in [4.78, 5) is 16.0. The van der Waals surface area contributed by atoms with Gasteiger partial charge in [-0.1, -0.05) is 0 Å². The average molecular weight is 248 g/mol. The summed E-state index contributed by atoms with van der Waals surface area (Å²) in [5.41, 5.74) is 14.4. The Balaban J connectivity index is 2.09. The van der Waals surface area contributed by atoms with E-state index in [1.807, 2.05) is 0 Å². The number of thiazole rings is 1. The third-order valence-electron chi connectivity index (χ3n) is 2.27. The summed E-state index contributed by atoms with van der Waals surface area (Å²) >= 11 is 1.57. The van der Waals surface area contributed by atoms with Gasteiger partial charge in [-0.25, -0.2) is 0 Å². The van der Waals surface area contributed by atoms with Gasteiger partial charge in [-0.3, -0.25) is 9.78 Å². The molecule has 0 unspecified atom stereocenters. The number of carbonyl (C=O) groups is 1. The summed E-state index contributed by atoms with van der Waals surface area (Å²) in [7, 11) is 0. The highest BCUT2D eigenvalue weighted by Gasteiger charge is 2.04. The van der Waals surface area contributed by atoms with E-state index in [9.17, 15) is 4.79 Å². The van der Waals surface area contributed by atoms with Crippen LogP contribution in [0.5, 0.6) is 0 Å². The molecule has 88 valence electrons. The number of nitrogens with two attached hydrogens (primary N) is 2. The molecular weight excluding hydrogens is 236 g/mol. The van der Waals surface area contributed by atoms with Crippen LogP contribution >= 0.6 is 11.3 Å².